The lowest BCUT2D eigenvalue weighted by molar-refractivity contribution is -0.253. The van der Waals surface area contributed by atoms with Gasteiger partial charge in [0.15, 0.2) is 0 Å². The maximum Gasteiger partial charge on any atom is 0.292 e. The number of carbonyl (C=O) groups excluding carboxylic acids is 2. The molecule has 0 aromatic heterocycles. The van der Waals surface area contributed by atoms with Crippen molar-refractivity contribution in [3.05, 3.63) is 0 Å². The Hall–Kier alpha value is -0.740. The van der Waals surface area contributed by atoms with Crippen molar-refractivity contribution in [1.29, 1.82) is 0 Å². The summed E-state index contributed by atoms with van der Waals surface area (Å²) < 4.78 is 11.6. The molecule has 124 valence electrons. The first-order chi connectivity index (χ1) is 9.14. The highest BCUT2D eigenvalue weighted by atomic mass is 16.7. The SMILES string of the molecule is CC(C)OC(OC(C)C)(C(=O)C(C)(C)C)C(=O)C(C)(C)C. The van der Waals surface area contributed by atoms with E-state index in [1.54, 1.807) is 69.2 Å². The molecule has 0 N–H and O–H groups in total. The monoisotopic (exact) mass is 300 g/mol. The second-order valence-electron chi connectivity index (χ2n) is 8.11. The molecule has 0 unspecified atom stereocenters. The third-order valence-electron chi connectivity index (χ3n) is 2.76. The molecule has 0 aromatic rings. The van der Waals surface area contributed by atoms with E-state index < -0.39 is 16.6 Å². The van der Waals surface area contributed by atoms with Crippen molar-refractivity contribution in [2.75, 3.05) is 0 Å². The Morgan fingerprint density at radius 2 is 0.905 bits per heavy atom. The average molecular weight is 300 g/mol. The fraction of sp³-hybridized carbons (Fsp3) is 0.882. The number of rotatable bonds is 6. The van der Waals surface area contributed by atoms with Crippen LogP contribution in [0.15, 0.2) is 0 Å². The third kappa shape index (κ3) is 5.19. The Labute approximate surface area is 129 Å². The molecule has 0 heterocycles. The van der Waals surface area contributed by atoms with E-state index in [1.807, 2.05) is 0 Å². The van der Waals surface area contributed by atoms with Gasteiger partial charge < -0.3 is 9.47 Å². The van der Waals surface area contributed by atoms with E-state index in [2.05, 4.69) is 0 Å². The summed E-state index contributed by atoms with van der Waals surface area (Å²) in [6.07, 6.45) is -0.609. The van der Waals surface area contributed by atoms with Gasteiger partial charge in [0.1, 0.15) is 0 Å². The summed E-state index contributed by atoms with van der Waals surface area (Å²) in [5.74, 6) is -2.52. The molecular weight excluding hydrogens is 268 g/mol. The topological polar surface area (TPSA) is 52.6 Å². The molecule has 0 aliphatic heterocycles. The quantitative estimate of drug-likeness (QED) is 0.553. The molecule has 0 amide bonds. The Kier molecular flexibility index (Phi) is 6.34. The van der Waals surface area contributed by atoms with Crippen LogP contribution in [-0.2, 0) is 19.1 Å². The molecule has 0 spiro atoms. The molecule has 0 aliphatic carbocycles. The summed E-state index contributed by atoms with van der Waals surface area (Å²) in [6, 6.07) is 0. The number of hydrogen-bond donors (Lipinski definition) is 0. The van der Waals surface area contributed by atoms with E-state index in [9.17, 15) is 9.59 Å². The Morgan fingerprint density at radius 3 is 1.05 bits per heavy atom. The zero-order valence-corrected chi connectivity index (χ0v) is 15.3. The van der Waals surface area contributed by atoms with Crippen molar-refractivity contribution in [2.45, 2.75) is 87.2 Å². The van der Waals surface area contributed by atoms with Gasteiger partial charge in [0.05, 0.1) is 12.2 Å². The normalized spacial score (nSPS) is 13.9. The largest absolute Gasteiger partial charge is 0.335 e. The van der Waals surface area contributed by atoms with Gasteiger partial charge >= 0.3 is 0 Å². The van der Waals surface area contributed by atoms with Crippen LogP contribution in [0.2, 0.25) is 0 Å². The van der Waals surface area contributed by atoms with E-state index in [0.29, 0.717) is 0 Å². The van der Waals surface area contributed by atoms with Gasteiger partial charge in [-0.15, -0.1) is 0 Å². The van der Waals surface area contributed by atoms with Crippen LogP contribution in [0.25, 0.3) is 0 Å². The summed E-state index contributed by atoms with van der Waals surface area (Å²) in [5, 5.41) is 0. The summed E-state index contributed by atoms with van der Waals surface area (Å²) in [5.41, 5.74) is -1.49. The zero-order valence-electron chi connectivity index (χ0n) is 15.3. The molecule has 0 bridgehead atoms. The molecule has 0 rings (SSSR count). The van der Waals surface area contributed by atoms with Crippen LogP contribution in [0.5, 0.6) is 0 Å². The highest BCUT2D eigenvalue weighted by Gasteiger charge is 2.56. The molecule has 4 nitrogen and oxygen atoms in total. The minimum Gasteiger partial charge on any atom is -0.335 e. The predicted octanol–water partition coefficient (Wildman–Crippen LogP) is 3.76. The molecule has 0 radical (unpaired) electrons. The van der Waals surface area contributed by atoms with Crippen LogP contribution in [0.3, 0.4) is 0 Å². The summed E-state index contributed by atoms with van der Waals surface area (Å²) in [7, 11) is 0. The standard InChI is InChI=1S/C17H32O4/c1-11(2)20-17(21-12(3)4,13(18)15(5,6)7)14(19)16(8,9)10/h11-12H,1-10H3. The van der Waals surface area contributed by atoms with Crippen molar-refractivity contribution in [3.8, 4) is 0 Å². The Balaban J connectivity index is 6.11. The number of Topliss-reactive ketones (excluding diaryl/α,β-unsaturated/α-hetero) is 2. The number of hydrogen-bond acceptors (Lipinski definition) is 4. The van der Waals surface area contributed by atoms with Gasteiger partial charge in [0.2, 0.25) is 11.6 Å². The number of carbonyl (C=O) groups is 2. The smallest absolute Gasteiger partial charge is 0.292 e. The van der Waals surface area contributed by atoms with Crippen molar-refractivity contribution in [1.82, 2.24) is 0 Å². The van der Waals surface area contributed by atoms with Gasteiger partial charge in [-0.3, -0.25) is 9.59 Å². The average Bonchev–Trinajstić information content (AvgIpc) is 2.21. The summed E-state index contributed by atoms with van der Waals surface area (Å²) in [4.78, 5) is 26.0. The lowest BCUT2D eigenvalue weighted by atomic mass is 9.77. The highest BCUT2D eigenvalue weighted by molar-refractivity contribution is 6.12. The summed E-state index contributed by atoms with van der Waals surface area (Å²) in [6.45, 7) is 17.8. The lowest BCUT2D eigenvalue weighted by Crippen LogP contribution is -2.60. The number of ketones is 2. The maximum absolute atomic E-state index is 13.0. The molecule has 0 saturated carbocycles. The molecule has 0 atom stereocenters. The fourth-order valence-corrected chi connectivity index (χ4v) is 2.00. The van der Waals surface area contributed by atoms with Crippen LogP contribution in [0, 0.1) is 10.8 Å². The van der Waals surface area contributed by atoms with E-state index in [-0.39, 0.29) is 23.8 Å². The minimum atomic E-state index is -1.85. The van der Waals surface area contributed by atoms with Gasteiger partial charge in [0.25, 0.3) is 5.79 Å². The van der Waals surface area contributed by atoms with Crippen molar-refractivity contribution in [3.63, 3.8) is 0 Å². The minimum absolute atomic E-state index is 0.304. The molecule has 4 heteroatoms. The van der Waals surface area contributed by atoms with Gasteiger partial charge in [-0.05, 0) is 27.7 Å². The first-order valence-electron chi connectivity index (χ1n) is 7.60. The molecular formula is C17H32O4. The molecule has 0 aromatic carbocycles. The van der Waals surface area contributed by atoms with E-state index in [1.165, 1.54) is 0 Å². The predicted molar refractivity (Wildman–Crippen MR) is 84.1 cm³/mol. The van der Waals surface area contributed by atoms with Gasteiger partial charge in [-0.1, -0.05) is 41.5 Å². The zero-order chi connectivity index (χ0) is 17.2. The second-order valence-corrected chi connectivity index (χ2v) is 8.11. The van der Waals surface area contributed by atoms with Gasteiger partial charge in [-0.25, -0.2) is 0 Å². The Bertz CT molecular complexity index is 343. The molecule has 0 fully saturated rings. The van der Waals surface area contributed by atoms with E-state index >= 15 is 0 Å². The van der Waals surface area contributed by atoms with Crippen molar-refractivity contribution >= 4 is 11.6 Å². The lowest BCUT2D eigenvalue weighted by Gasteiger charge is -2.40. The Morgan fingerprint density at radius 1 is 0.667 bits per heavy atom. The fourth-order valence-electron chi connectivity index (χ4n) is 2.00. The molecule has 0 saturated heterocycles. The van der Waals surface area contributed by atoms with Crippen LogP contribution in [0.1, 0.15) is 69.2 Å². The second kappa shape index (κ2) is 6.57. The van der Waals surface area contributed by atoms with Gasteiger partial charge in [0, 0.05) is 10.8 Å². The van der Waals surface area contributed by atoms with E-state index in [4.69, 9.17) is 9.47 Å². The van der Waals surface area contributed by atoms with Crippen LogP contribution >= 0.6 is 0 Å². The molecule has 21 heavy (non-hydrogen) atoms. The maximum atomic E-state index is 13.0. The van der Waals surface area contributed by atoms with Crippen molar-refractivity contribution < 1.29 is 19.1 Å². The van der Waals surface area contributed by atoms with Gasteiger partial charge in [-0.2, -0.15) is 0 Å². The summed E-state index contributed by atoms with van der Waals surface area (Å²) >= 11 is 0. The van der Waals surface area contributed by atoms with Crippen molar-refractivity contribution in [2.24, 2.45) is 10.8 Å². The highest BCUT2D eigenvalue weighted by Crippen LogP contribution is 2.35. The first-order valence-corrected chi connectivity index (χ1v) is 7.60. The van der Waals surface area contributed by atoms with Crippen LogP contribution in [-0.4, -0.2) is 29.6 Å². The molecule has 0 aliphatic rings. The van der Waals surface area contributed by atoms with E-state index in [0.717, 1.165) is 0 Å². The first kappa shape index (κ1) is 20.3. The van der Waals surface area contributed by atoms with Crippen LogP contribution in [0.4, 0.5) is 0 Å². The third-order valence-corrected chi connectivity index (χ3v) is 2.76. The van der Waals surface area contributed by atoms with Crippen LogP contribution < -0.4 is 0 Å². The number of ether oxygens (including phenoxy) is 2.